The molecule has 1 aromatic carbocycles. The Hall–Kier alpha value is -1.55. The third-order valence-corrected chi connectivity index (χ3v) is 3.93. The SMILES string of the molecule is COc1ccc(CCCC(=O)N2CC(C)NC(C)C2)cc1. The lowest BCUT2D eigenvalue weighted by atomic mass is 10.1. The van der Waals surface area contributed by atoms with E-state index < -0.39 is 0 Å². The highest BCUT2D eigenvalue weighted by Crippen LogP contribution is 2.14. The predicted molar refractivity (Wildman–Crippen MR) is 84.6 cm³/mol. The van der Waals surface area contributed by atoms with Crippen molar-refractivity contribution in [1.29, 1.82) is 0 Å². The first-order valence-electron chi connectivity index (χ1n) is 7.75. The molecule has 0 bridgehead atoms. The van der Waals surface area contributed by atoms with E-state index in [-0.39, 0.29) is 5.91 Å². The number of rotatable bonds is 5. The molecular formula is C17H26N2O2. The summed E-state index contributed by atoms with van der Waals surface area (Å²) in [6.45, 7) is 5.91. The van der Waals surface area contributed by atoms with Gasteiger partial charge in [0, 0.05) is 31.6 Å². The Balaban J connectivity index is 1.75. The van der Waals surface area contributed by atoms with Gasteiger partial charge in [-0.3, -0.25) is 4.79 Å². The lowest BCUT2D eigenvalue weighted by Crippen LogP contribution is -2.55. The van der Waals surface area contributed by atoms with E-state index in [1.54, 1.807) is 7.11 Å². The van der Waals surface area contributed by atoms with Crippen molar-refractivity contribution in [2.24, 2.45) is 0 Å². The monoisotopic (exact) mass is 290 g/mol. The molecule has 1 N–H and O–H groups in total. The summed E-state index contributed by atoms with van der Waals surface area (Å²) in [5, 5.41) is 3.45. The fourth-order valence-electron chi connectivity index (χ4n) is 2.92. The van der Waals surface area contributed by atoms with Crippen LogP contribution in [0.1, 0.15) is 32.3 Å². The minimum Gasteiger partial charge on any atom is -0.497 e. The number of carbonyl (C=O) groups excluding carboxylic acids is 1. The number of aryl methyl sites for hydroxylation is 1. The van der Waals surface area contributed by atoms with Crippen molar-refractivity contribution in [3.63, 3.8) is 0 Å². The summed E-state index contributed by atoms with van der Waals surface area (Å²) in [7, 11) is 1.67. The van der Waals surface area contributed by atoms with Gasteiger partial charge in [0.2, 0.25) is 5.91 Å². The van der Waals surface area contributed by atoms with Gasteiger partial charge in [0.25, 0.3) is 0 Å². The Kier molecular flexibility index (Phi) is 5.62. The number of methoxy groups -OCH3 is 1. The molecule has 4 nitrogen and oxygen atoms in total. The largest absolute Gasteiger partial charge is 0.497 e. The summed E-state index contributed by atoms with van der Waals surface area (Å²) < 4.78 is 5.14. The fraction of sp³-hybridized carbons (Fsp3) is 0.588. The lowest BCUT2D eigenvalue weighted by Gasteiger charge is -2.36. The molecule has 116 valence electrons. The number of nitrogens with zero attached hydrogens (tertiary/aromatic N) is 1. The van der Waals surface area contributed by atoms with Gasteiger partial charge in [-0.2, -0.15) is 0 Å². The molecule has 2 rings (SSSR count). The van der Waals surface area contributed by atoms with Gasteiger partial charge < -0.3 is 15.0 Å². The molecule has 0 spiro atoms. The van der Waals surface area contributed by atoms with E-state index in [4.69, 9.17) is 4.74 Å². The summed E-state index contributed by atoms with van der Waals surface area (Å²) in [5.41, 5.74) is 1.26. The molecule has 0 aromatic heterocycles. The summed E-state index contributed by atoms with van der Waals surface area (Å²) in [6.07, 6.45) is 2.47. The average molecular weight is 290 g/mol. The Bertz CT molecular complexity index is 448. The molecule has 1 heterocycles. The minimum absolute atomic E-state index is 0.281. The maximum absolute atomic E-state index is 12.3. The lowest BCUT2D eigenvalue weighted by molar-refractivity contribution is -0.133. The van der Waals surface area contributed by atoms with E-state index >= 15 is 0 Å². The maximum Gasteiger partial charge on any atom is 0.222 e. The highest BCUT2D eigenvalue weighted by atomic mass is 16.5. The van der Waals surface area contributed by atoms with E-state index in [0.29, 0.717) is 18.5 Å². The van der Waals surface area contributed by atoms with Crippen LogP contribution in [0.25, 0.3) is 0 Å². The van der Waals surface area contributed by atoms with Crippen LogP contribution in [0.15, 0.2) is 24.3 Å². The smallest absolute Gasteiger partial charge is 0.222 e. The fourth-order valence-corrected chi connectivity index (χ4v) is 2.92. The molecule has 1 aliphatic rings. The third kappa shape index (κ3) is 4.74. The number of piperazine rings is 1. The topological polar surface area (TPSA) is 41.6 Å². The second-order valence-corrected chi connectivity index (χ2v) is 5.97. The van der Waals surface area contributed by atoms with E-state index in [1.165, 1.54) is 5.56 Å². The third-order valence-electron chi connectivity index (χ3n) is 3.93. The zero-order chi connectivity index (χ0) is 15.2. The van der Waals surface area contributed by atoms with Crippen molar-refractivity contribution < 1.29 is 9.53 Å². The number of nitrogens with one attached hydrogen (secondary N) is 1. The second kappa shape index (κ2) is 7.46. The zero-order valence-corrected chi connectivity index (χ0v) is 13.3. The Labute approximate surface area is 127 Å². The molecule has 1 aromatic rings. The van der Waals surface area contributed by atoms with Crippen molar-refractivity contribution in [3.8, 4) is 5.75 Å². The van der Waals surface area contributed by atoms with Crippen molar-refractivity contribution in [3.05, 3.63) is 29.8 Å². The molecule has 0 saturated carbocycles. The molecule has 0 aliphatic carbocycles. The van der Waals surface area contributed by atoms with E-state index in [1.807, 2.05) is 17.0 Å². The number of ether oxygens (including phenoxy) is 1. The molecular weight excluding hydrogens is 264 g/mol. The van der Waals surface area contributed by atoms with Crippen LogP contribution in [-0.4, -0.2) is 43.1 Å². The molecule has 2 atom stereocenters. The summed E-state index contributed by atoms with van der Waals surface area (Å²) in [6, 6.07) is 8.85. The second-order valence-electron chi connectivity index (χ2n) is 5.97. The molecule has 21 heavy (non-hydrogen) atoms. The van der Waals surface area contributed by atoms with Crippen LogP contribution in [0.2, 0.25) is 0 Å². The normalized spacial score (nSPS) is 22.1. The quantitative estimate of drug-likeness (QED) is 0.904. The average Bonchev–Trinajstić information content (AvgIpc) is 2.47. The molecule has 2 unspecified atom stereocenters. The Morgan fingerprint density at radius 3 is 2.43 bits per heavy atom. The molecule has 1 aliphatic heterocycles. The molecule has 4 heteroatoms. The summed E-state index contributed by atoms with van der Waals surface area (Å²) in [4.78, 5) is 14.3. The van der Waals surface area contributed by atoms with Gasteiger partial charge in [-0.05, 0) is 44.4 Å². The molecule has 1 amide bonds. The number of hydrogen-bond acceptors (Lipinski definition) is 3. The van der Waals surface area contributed by atoms with E-state index in [0.717, 1.165) is 31.7 Å². The number of amides is 1. The van der Waals surface area contributed by atoms with E-state index in [9.17, 15) is 4.79 Å². The zero-order valence-electron chi connectivity index (χ0n) is 13.3. The van der Waals surface area contributed by atoms with Crippen LogP contribution in [-0.2, 0) is 11.2 Å². The van der Waals surface area contributed by atoms with Gasteiger partial charge in [0.15, 0.2) is 0 Å². The standard InChI is InChI=1S/C17H26N2O2/c1-13-11-19(12-14(2)18-13)17(20)6-4-5-15-7-9-16(21-3)10-8-15/h7-10,13-14,18H,4-6,11-12H2,1-3H3. The van der Waals surface area contributed by atoms with Crippen molar-refractivity contribution in [2.75, 3.05) is 20.2 Å². The van der Waals surface area contributed by atoms with Crippen LogP contribution in [0, 0.1) is 0 Å². The van der Waals surface area contributed by atoms with Gasteiger partial charge in [0.1, 0.15) is 5.75 Å². The van der Waals surface area contributed by atoms with Crippen molar-refractivity contribution in [2.45, 2.75) is 45.2 Å². The Morgan fingerprint density at radius 2 is 1.86 bits per heavy atom. The molecule has 0 radical (unpaired) electrons. The highest BCUT2D eigenvalue weighted by molar-refractivity contribution is 5.76. The summed E-state index contributed by atoms with van der Waals surface area (Å²) >= 11 is 0. The van der Waals surface area contributed by atoms with Gasteiger partial charge in [-0.25, -0.2) is 0 Å². The van der Waals surface area contributed by atoms with E-state index in [2.05, 4.69) is 31.3 Å². The summed E-state index contributed by atoms with van der Waals surface area (Å²) in [5.74, 6) is 1.15. The first-order chi connectivity index (χ1) is 10.1. The van der Waals surface area contributed by atoms with Gasteiger partial charge >= 0.3 is 0 Å². The van der Waals surface area contributed by atoms with Crippen LogP contribution >= 0.6 is 0 Å². The van der Waals surface area contributed by atoms with Crippen LogP contribution < -0.4 is 10.1 Å². The maximum atomic E-state index is 12.3. The van der Waals surface area contributed by atoms with Crippen molar-refractivity contribution >= 4 is 5.91 Å². The van der Waals surface area contributed by atoms with Gasteiger partial charge in [-0.1, -0.05) is 12.1 Å². The van der Waals surface area contributed by atoms with Gasteiger partial charge in [0.05, 0.1) is 7.11 Å². The van der Waals surface area contributed by atoms with Crippen molar-refractivity contribution in [1.82, 2.24) is 10.2 Å². The van der Waals surface area contributed by atoms with Gasteiger partial charge in [-0.15, -0.1) is 0 Å². The first kappa shape index (κ1) is 15.8. The van der Waals surface area contributed by atoms with Crippen LogP contribution in [0.3, 0.4) is 0 Å². The first-order valence-corrected chi connectivity index (χ1v) is 7.75. The highest BCUT2D eigenvalue weighted by Gasteiger charge is 2.24. The van der Waals surface area contributed by atoms with Crippen LogP contribution in [0.4, 0.5) is 0 Å². The Morgan fingerprint density at radius 1 is 1.24 bits per heavy atom. The number of hydrogen-bond donors (Lipinski definition) is 1. The minimum atomic E-state index is 0.281. The van der Waals surface area contributed by atoms with Crippen LogP contribution in [0.5, 0.6) is 5.75 Å². The number of carbonyl (C=O) groups is 1. The molecule has 1 saturated heterocycles. The predicted octanol–water partition coefficient (Wildman–Crippen LogP) is 2.23. The molecule has 1 fully saturated rings. The number of benzene rings is 1.